The average Bonchev–Trinajstić information content (AvgIpc) is 1.59. The van der Waals surface area contributed by atoms with Crippen molar-refractivity contribution in [2.45, 2.75) is 65.2 Å². The van der Waals surface area contributed by atoms with Crippen molar-refractivity contribution >= 4 is 151 Å². The predicted octanol–water partition coefficient (Wildman–Crippen LogP) is 28.8. The number of pyridine rings is 3. The second-order valence-corrected chi connectivity index (χ2v) is 35.3. The van der Waals surface area contributed by atoms with Gasteiger partial charge < -0.3 is 21.2 Å². The molecule has 0 spiro atoms. The Morgan fingerprint density at radius 2 is 0.548 bits per heavy atom. The molecule has 6 heterocycles. The monoisotopic (exact) mass is 1990 g/mol. The van der Waals surface area contributed by atoms with E-state index < -0.39 is 15.1 Å². The number of hydrogen-bond donors (Lipinski definition) is 0. The fourth-order valence-electron chi connectivity index (χ4n) is 18.5. The van der Waals surface area contributed by atoms with Crippen LogP contribution in [0, 0.1) is 27.7 Å². The number of para-hydroxylation sites is 12. The third-order valence-corrected chi connectivity index (χ3v) is 26.5. The minimum atomic E-state index is -2.86. The summed E-state index contributed by atoms with van der Waals surface area (Å²) in [5.41, 5.74) is 29.1. The Bertz CT molecular complexity index is 7130. The van der Waals surface area contributed by atoms with E-state index in [0.717, 1.165) is 117 Å². The molecule has 1 atom stereocenters. The Kier molecular flexibility index (Phi) is 26.2. The van der Waals surface area contributed by atoms with E-state index >= 15 is 0 Å². The number of fused-ring (bicyclic) bond motifs is 6. The van der Waals surface area contributed by atoms with Gasteiger partial charge in [0.15, 0.2) is 0 Å². The third kappa shape index (κ3) is 18.7. The molecule has 657 valence electrons. The molecule has 1 aliphatic carbocycles. The summed E-state index contributed by atoms with van der Waals surface area (Å²) in [6.45, 7) is 8.59. The number of hydrogen-bond acceptors (Lipinski definition) is 11. The SMILES string of the molecule is Cc1ccc(N(c2ccc(C)cc2)c2ccc(C3(c4ccc(N(c5ccc(C)cc5)c5ccc(C)cc5)cc4)CCCCC3)cc2)cc1.[3H]P.[BiH2].c1ccc(-n2c(-c3cc(-c4nc5ccccc5n4-c4ccccc4)cc(-c4nc5ccccc5n4-c4ccccc4)c3)nc3ccccc32)cc1.c1cnc2c([O][Al]([O]c3cccc4cccnc34)[O]c3cccc4cccnc34)cccc2c1. The number of nitrogens with zero attached hydrogens (tertiary/aromatic N) is 11. The molecule has 17 heteroatoms. The fraction of sp³-hybridized carbons (Fsp3) is 0.0847. The maximum Gasteiger partial charge on any atom is 1.20 e. The van der Waals surface area contributed by atoms with Crippen LogP contribution in [0.4, 0.5) is 34.1 Å². The van der Waals surface area contributed by atoms with E-state index in [1.807, 2.05) is 127 Å². The van der Waals surface area contributed by atoms with Gasteiger partial charge in [-0.2, -0.15) is 9.84 Å². The van der Waals surface area contributed by atoms with Crippen molar-refractivity contribution in [2.24, 2.45) is 0 Å². The molecule has 1 fully saturated rings. The number of rotatable bonds is 20. The van der Waals surface area contributed by atoms with E-state index in [1.54, 1.807) is 28.4 Å². The van der Waals surface area contributed by atoms with Gasteiger partial charge >= 0.3 is 41.4 Å². The molecular formula is C118H99AlBiN11O3P. The molecule has 0 saturated heterocycles. The molecule has 0 amide bonds. The molecule has 0 bridgehead atoms. The first-order valence-electron chi connectivity index (χ1n) is 46.0. The molecule has 1 unspecified atom stereocenters. The summed E-state index contributed by atoms with van der Waals surface area (Å²) in [6, 6.07) is 146. The Morgan fingerprint density at radius 1 is 0.289 bits per heavy atom. The minimum absolute atomic E-state index is 0. The predicted molar refractivity (Wildman–Crippen MR) is 564 cm³/mol. The van der Waals surface area contributed by atoms with Gasteiger partial charge in [-0.3, -0.25) is 28.7 Å². The van der Waals surface area contributed by atoms with Gasteiger partial charge in [-0.25, -0.2) is 15.0 Å². The second-order valence-electron chi connectivity index (χ2n) is 34.0. The molecule has 14 nitrogen and oxygen atoms in total. The quantitative estimate of drug-likeness (QED) is 0.0535. The standard InChI is InChI=1S/C46H46N2.C45H30N6.3C9H7NO.Al.Bi.H3P.2H/c1-34-8-20-40(21-9-34)47(41-22-10-35(2)11-23-41)44-28-16-38(17-29-44)46(32-6-5-7-33-46)39-18-30-45(31-19-39)48(42-24-12-36(3)13-25-42)43-26-14-37(4)15-27-43;1-4-16-34(17-5-1)49-40-25-13-10-22-37(40)46-43(49)31-28-32(44-47-38-23-11-14-26-41(38)50(44)35-18-6-2-7-19-35)30-33(29-31)45-48-39-24-12-15-27-42(39)51(45)36-20-8-3-9-21-36;3*11-8-5-1-3-7-4-2-6-10-9(7)8;;;;;/h8-31H,5-7,32-33H2,1-4H3;1-30H;3*1-6,11H;;;1H3;;/q;;;;;+3;;;;/p-3/i;;;;;;;1T;;. The maximum absolute atomic E-state index is 6.41. The Hall–Kier alpha value is -15.0. The van der Waals surface area contributed by atoms with Crippen LogP contribution in [0.5, 0.6) is 17.2 Å². The Balaban J connectivity index is 0.000000132. The summed E-state index contributed by atoms with van der Waals surface area (Å²) in [6.07, 6.45) is 11.4. The first-order valence-corrected chi connectivity index (χ1v) is 46.8. The van der Waals surface area contributed by atoms with Gasteiger partial charge in [0.1, 0.15) is 51.3 Å². The molecule has 0 aliphatic heterocycles. The average molecular weight is 1990 g/mol. The van der Waals surface area contributed by atoms with Gasteiger partial charge in [0, 0.05) is 108 Å². The molecule has 1 saturated carbocycles. The summed E-state index contributed by atoms with van der Waals surface area (Å²) in [5, 5.41) is 2.93. The molecule has 1 aliphatic rings. The van der Waals surface area contributed by atoms with Crippen molar-refractivity contribution < 1.29 is 11.4 Å². The van der Waals surface area contributed by atoms with E-state index in [4.69, 9.17) is 27.6 Å². The normalized spacial score (nSPS) is 12.1. The maximum atomic E-state index is 6.41. The number of aryl methyl sites for hydroxylation is 4. The fourth-order valence-corrected chi connectivity index (χ4v) is 19.9. The number of anilines is 6. The van der Waals surface area contributed by atoms with Crippen LogP contribution in [0.2, 0.25) is 0 Å². The van der Waals surface area contributed by atoms with E-state index in [0.29, 0.717) is 17.2 Å². The van der Waals surface area contributed by atoms with Gasteiger partial charge in [0.05, 0.1) is 34.4 Å². The summed E-state index contributed by atoms with van der Waals surface area (Å²) in [4.78, 5) is 34.1. The third-order valence-electron chi connectivity index (χ3n) is 25.1. The van der Waals surface area contributed by atoms with Crippen LogP contribution in [0.1, 0.15) is 65.5 Å². The van der Waals surface area contributed by atoms with E-state index in [2.05, 4.69) is 357 Å². The topological polar surface area (TPSA) is 126 Å². The van der Waals surface area contributed by atoms with E-state index in [-0.39, 0.29) is 31.6 Å². The molecular weight excluding hydrogens is 1890 g/mol. The summed E-state index contributed by atoms with van der Waals surface area (Å²) in [5.74, 6) is 4.35. The molecule has 16 aromatic carbocycles. The summed E-state index contributed by atoms with van der Waals surface area (Å²) < 4.78 is 31.6. The van der Waals surface area contributed by atoms with Crippen LogP contribution in [-0.2, 0) is 5.41 Å². The van der Waals surface area contributed by atoms with Crippen molar-refractivity contribution in [3.8, 4) is 68.5 Å². The van der Waals surface area contributed by atoms with Crippen LogP contribution >= 0.6 is 9.84 Å². The van der Waals surface area contributed by atoms with Crippen LogP contribution in [0.25, 0.3) is 117 Å². The van der Waals surface area contributed by atoms with Gasteiger partial charge in [0.2, 0.25) is 0 Å². The minimum Gasteiger partial charge on any atom is -0.576 e. The van der Waals surface area contributed by atoms with Gasteiger partial charge in [-0.15, -0.1) is 0 Å². The molecule has 6 aromatic heterocycles. The largest absolute Gasteiger partial charge is 1.20 e. The molecule has 23 rings (SSSR count). The molecule has 135 heavy (non-hydrogen) atoms. The Morgan fingerprint density at radius 3 is 0.837 bits per heavy atom. The second kappa shape index (κ2) is 40.2. The van der Waals surface area contributed by atoms with Crippen molar-refractivity contribution in [1.29, 1.82) is 1.28 Å². The van der Waals surface area contributed by atoms with Gasteiger partial charge in [-0.05, 0) is 252 Å². The van der Waals surface area contributed by atoms with Crippen LogP contribution < -0.4 is 21.2 Å². The first-order chi connectivity index (χ1) is 66.5. The molecule has 0 N–H and O–H groups in total. The number of imidazole rings is 3. The smallest absolute Gasteiger partial charge is 0.576 e. The van der Waals surface area contributed by atoms with Gasteiger partial charge in [0.25, 0.3) is 0 Å². The summed E-state index contributed by atoms with van der Waals surface area (Å²) >= 11 is -2.86. The Labute approximate surface area is 815 Å². The zero-order chi connectivity index (χ0) is 91.6. The first kappa shape index (κ1) is 88.0. The van der Waals surface area contributed by atoms with Gasteiger partial charge in [-0.1, -0.05) is 260 Å². The number of benzene rings is 16. The zero-order valence-corrected chi connectivity index (χ0v) is 82.3. The van der Waals surface area contributed by atoms with Crippen LogP contribution in [0.15, 0.2) is 437 Å². The zero-order valence-electron chi connectivity index (χ0n) is 76.5. The molecule has 22 aromatic rings. The molecule has 1 radical (unpaired) electrons. The van der Waals surface area contributed by atoms with Crippen LogP contribution in [-0.4, -0.2) is 86.2 Å². The van der Waals surface area contributed by atoms with Crippen LogP contribution in [0.3, 0.4) is 0 Å². The summed E-state index contributed by atoms with van der Waals surface area (Å²) in [7, 11) is 1.67. The van der Waals surface area contributed by atoms with E-state index in [1.165, 1.54) is 99.6 Å². The van der Waals surface area contributed by atoms with Crippen molar-refractivity contribution in [1.82, 2.24) is 43.6 Å². The van der Waals surface area contributed by atoms with Crippen molar-refractivity contribution in [3.05, 3.63) is 471 Å². The number of aromatic nitrogens is 9. The van der Waals surface area contributed by atoms with Crippen molar-refractivity contribution in [2.75, 3.05) is 9.80 Å². The van der Waals surface area contributed by atoms with E-state index in [9.17, 15) is 0 Å². The van der Waals surface area contributed by atoms with Crippen molar-refractivity contribution in [3.63, 3.8) is 0 Å².